The van der Waals surface area contributed by atoms with Crippen LogP contribution in [-0.4, -0.2) is 54.0 Å². The predicted octanol–water partition coefficient (Wildman–Crippen LogP) is 6.63. The number of fused-ring (bicyclic) bond motifs is 1. The molecule has 0 amide bonds. The van der Waals surface area contributed by atoms with Crippen LogP contribution in [-0.2, 0) is 24.6 Å². The topological polar surface area (TPSA) is 121 Å². The summed E-state index contributed by atoms with van der Waals surface area (Å²) in [7, 11) is 0. The summed E-state index contributed by atoms with van der Waals surface area (Å²) < 4.78 is 24.1. The molecule has 248 valence electrons. The molecule has 0 saturated carbocycles. The minimum absolute atomic E-state index is 0.250. The van der Waals surface area contributed by atoms with Gasteiger partial charge in [0.1, 0.15) is 37.9 Å². The van der Waals surface area contributed by atoms with Crippen molar-refractivity contribution in [3.8, 4) is 53.0 Å². The first-order valence-corrected chi connectivity index (χ1v) is 15.6. The van der Waals surface area contributed by atoms with Crippen LogP contribution in [0.1, 0.15) is 34.2 Å². The highest BCUT2D eigenvalue weighted by Gasteiger charge is 2.23. The van der Waals surface area contributed by atoms with E-state index in [9.17, 15) is 10.4 Å². The number of hydrogen-bond acceptors (Lipinski definition) is 8. The van der Waals surface area contributed by atoms with Crippen LogP contribution in [0.2, 0.25) is 5.02 Å². The maximum absolute atomic E-state index is 10.0. The van der Waals surface area contributed by atoms with Crippen molar-refractivity contribution >= 4 is 18.1 Å². The van der Waals surface area contributed by atoms with Gasteiger partial charge in [-0.1, -0.05) is 48.0 Å². The van der Waals surface area contributed by atoms with Gasteiger partial charge >= 0.3 is 0 Å². The molecule has 1 atom stereocenters. The molecule has 2 aliphatic heterocycles. The van der Waals surface area contributed by atoms with Gasteiger partial charge in [0.05, 0.1) is 22.8 Å². The number of carboxylic acid groups (broad SMARTS) is 1. The lowest BCUT2D eigenvalue weighted by molar-refractivity contribution is -0.122. The molecule has 2 N–H and O–H groups in total. The number of nitriles is 1. The molecule has 0 aliphatic carbocycles. The van der Waals surface area contributed by atoms with E-state index in [4.69, 9.17) is 40.4 Å². The van der Waals surface area contributed by atoms with Gasteiger partial charge in [-0.25, -0.2) is 0 Å². The van der Waals surface area contributed by atoms with Crippen LogP contribution in [0.5, 0.6) is 23.0 Å². The number of hydrogen-bond donors (Lipinski definition) is 2. The Morgan fingerprint density at radius 3 is 2.44 bits per heavy atom. The van der Waals surface area contributed by atoms with Crippen molar-refractivity contribution in [2.24, 2.45) is 0 Å². The number of likely N-dealkylation sites (tertiary alicyclic amines) is 1. The second-order valence-corrected chi connectivity index (χ2v) is 11.4. The third kappa shape index (κ3) is 9.21. The van der Waals surface area contributed by atoms with Crippen molar-refractivity contribution in [1.29, 1.82) is 5.26 Å². The molecule has 1 fully saturated rings. The van der Waals surface area contributed by atoms with E-state index >= 15 is 0 Å². The fraction of sp³-hybridized carbons (Fsp3) is 0.263. The Bertz CT molecular complexity index is 1770. The van der Waals surface area contributed by atoms with Gasteiger partial charge in [0.2, 0.25) is 0 Å². The predicted molar refractivity (Wildman–Crippen MR) is 183 cm³/mol. The van der Waals surface area contributed by atoms with Crippen molar-refractivity contribution in [3.63, 3.8) is 0 Å². The van der Waals surface area contributed by atoms with Crippen LogP contribution in [0, 0.1) is 31.1 Å². The summed E-state index contributed by atoms with van der Waals surface area (Å²) in [5.74, 6) is 2.70. The van der Waals surface area contributed by atoms with E-state index in [1.807, 2.05) is 54.6 Å². The number of aliphatic hydroxyl groups is 1. The van der Waals surface area contributed by atoms with E-state index in [1.165, 1.54) is 0 Å². The average molecular weight is 669 g/mol. The second kappa shape index (κ2) is 17.7. The first-order valence-electron chi connectivity index (χ1n) is 15.3. The zero-order valence-corrected chi connectivity index (χ0v) is 27.4. The summed E-state index contributed by atoms with van der Waals surface area (Å²) in [6.07, 6.45) is 8.42. The van der Waals surface area contributed by atoms with Gasteiger partial charge in [0, 0.05) is 31.3 Å². The molecule has 2 heterocycles. The number of terminal acetylenes is 1. The minimum atomic E-state index is -0.322. The Kier molecular flexibility index (Phi) is 13.1. The fourth-order valence-electron chi connectivity index (χ4n) is 5.55. The summed E-state index contributed by atoms with van der Waals surface area (Å²) in [5, 5.41) is 26.7. The molecule has 0 spiro atoms. The van der Waals surface area contributed by atoms with Gasteiger partial charge in [0.25, 0.3) is 6.47 Å². The van der Waals surface area contributed by atoms with Crippen molar-refractivity contribution in [2.45, 2.75) is 39.2 Å². The SMILES string of the molecule is C#C.Cc1c(COc2cc(OCc3cccc(C#N)c3)c(CN3CC[C@H](O)C3)cc2Cl)cccc1-c1ccc2c(c1)OCCO2.O=CO. The molecule has 10 heteroatoms. The van der Waals surface area contributed by atoms with Crippen LogP contribution in [0.4, 0.5) is 0 Å². The van der Waals surface area contributed by atoms with Crippen molar-refractivity contribution < 1.29 is 34.0 Å². The lowest BCUT2D eigenvalue weighted by Crippen LogP contribution is -2.22. The van der Waals surface area contributed by atoms with Crippen LogP contribution in [0.25, 0.3) is 11.1 Å². The van der Waals surface area contributed by atoms with Gasteiger partial charge in [-0.3, -0.25) is 9.69 Å². The van der Waals surface area contributed by atoms with E-state index in [0.717, 1.165) is 57.8 Å². The summed E-state index contributed by atoms with van der Waals surface area (Å²) in [5.41, 5.74) is 6.68. The molecule has 4 aromatic carbocycles. The van der Waals surface area contributed by atoms with Gasteiger partial charge in [-0.2, -0.15) is 5.26 Å². The van der Waals surface area contributed by atoms with Crippen LogP contribution in [0.3, 0.4) is 0 Å². The minimum Gasteiger partial charge on any atom is -0.488 e. The van der Waals surface area contributed by atoms with Crippen LogP contribution < -0.4 is 18.9 Å². The monoisotopic (exact) mass is 668 g/mol. The fourth-order valence-corrected chi connectivity index (χ4v) is 5.79. The number of carbonyl (C=O) groups is 1. The molecule has 6 rings (SSSR count). The number of rotatable bonds is 9. The Hall–Kier alpha value is -5.19. The molecule has 0 radical (unpaired) electrons. The Labute approximate surface area is 285 Å². The largest absolute Gasteiger partial charge is 0.488 e. The lowest BCUT2D eigenvalue weighted by Gasteiger charge is -2.21. The van der Waals surface area contributed by atoms with Crippen molar-refractivity contribution in [3.05, 3.63) is 106 Å². The number of benzene rings is 4. The molecule has 0 bridgehead atoms. The molecule has 48 heavy (non-hydrogen) atoms. The lowest BCUT2D eigenvalue weighted by atomic mass is 9.96. The molecular weight excluding hydrogens is 632 g/mol. The Morgan fingerprint density at radius 1 is 0.979 bits per heavy atom. The summed E-state index contributed by atoms with van der Waals surface area (Å²) in [6, 6.07) is 25.5. The Balaban J connectivity index is 0.000000986. The molecule has 4 aromatic rings. The van der Waals surface area contributed by atoms with Crippen LogP contribution >= 0.6 is 11.6 Å². The number of aliphatic hydroxyl groups excluding tert-OH is 1. The standard InChI is InChI=1S/C35H33ClN2O5.C2H2.CH2O2/c1-23-27(6-3-7-30(23)26-8-9-32-35(16-26)41-13-12-40-32)22-43-34-17-33(42-21-25-5-2-4-24(14-25)18-37)28(15-31(34)36)19-38-11-10-29(39)20-38;1-2;2-1-3/h2-9,14-17,29,39H,10-13,19-22H2,1H3;1-2H;1H,(H,2,3)/t29-;;/m0../s1. The van der Waals surface area contributed by atoms with Crippen molar-refractivity contribution in [1.82, 2.24) is 4.90 Å². The zero-order valence-electron chi connectivity index (χ0n) is 26.6. The quantitative estimate of drug-likeness (QED) is 0.149. The smallest absolute Gasteiger partial charge is 0.290 e. The molecular formula is C38H37ClN2O7. The summed E-state index contributed by atoms with van der Waals surface area (Å²) in [6.45, 7) is 5.57. The van der Waals surface area contributed by atoms with E-state index in [-0.39, 0.29) is 12.6 Å². The molecule has 9 nitrogen and oxygen atoms in total. The summed E-state index contributed by atoms with van der Waals surface area (Å²) >= 11 is 6.76. The summed E-state index contributed by atoms with van der Waals surface area (Å²) in [4.78, 5) is 10.5. The van der Waals surface area contributed by atoms with Crippen molar-refractivity contribution in [2.75, 3.05) is 26.3 Å². The number of halogens is 1. The first-order chi connectivity index (χ1) is 23.4. The average Bonchev–Trinajstić information content (AvgIpc) is 3.53. The number of nitrogens with zero attached hydrogens (tertiary/aromatic N) is 2. The highest BCUT2D eigenvalue weighted by molar-refractivity contribution is 6.32. The highest BCUT2D eigenvalue weighted by Crippen LogP contribution is 2.38. The third-order valence-corrected chi connectivity index (χ3v) is 8.18. The van der Waals surface area contributed by atoms with E-state index < -0.39 is 0 Å². The first kappa shape index (κ1) is 35.7. The molecule has 2 aliphatic rings. The zero-order chi connectivity index (χ0) is 34.5. The van der Waals surface area contributed by atoms with E-state index in [2.05, 4.69) is 42.9 Å². The highest BCUT2D eigenvalue weighted by atomic mass is 35.5. The molecule has 1 saturated heterocycles. The van der Waals surface area contributed by atoms with E-state index in [0.29, 0.717) is 61.6 Å². The van der Waals surface area contributed by atoms with Crippen LogP contribution in [0.15, 0.2) is 72.8 Å². The molecule has 0 aromatic heterocycles. The van der Waals surface area contributed by atoms with Gasteiger partial charge < -0.3 is 29.2 Å². The van der Waals surface area contributed by atoms with Gasteiger partial charge in [-0.05, 0) is 71.5 Å². The third-order valence-electron chi connectivity index (χ3n) is 7.89. The maximum atomic E-state index is 10.0. The normalized spacial score (nSPS) is 14.7. The number of ether oxygens (including phenoxy) is 4. The molecule has 0 unspecified atom stereocenters. The van der Waals surface area contributed by atoms with Gasteiger partial charge in [0.15, 0.2) is 11.5 Å². The maximum Gasteiger partial charge on any atom is 0.290 e. The van der Waals surface area contributed by atoms with Gasteiger partial charge in [-0.15, -0.1) is 12.8 Å². The second-order valence-electron chi connectivity index (χ2n) is 11.0. The number of β-amino-alcohol motifs (C(OH)–C–C–N with tert-alkyl or cyclic N) is 1. The Morgan fingerprint density at radius 2 is 1.71 bits per heavy atom. The van der Waals surface area contributed by atoms with E-state index in [1.54, 1.807) is 6.07 Å².